The molecule has 0 aromatic heterocycles. The van der Waals surface area contributed by atoms with Gasteiger partial charge in [-0.3, -0.25) is 4.79 Å². The Kier molecular flexibility index (Phi) is 6.73. The number of hydrogen-bond donors (Lipinski definition) is 1. The van der Waals surface area contributed by atoms with Gasteiger partial charge in [-0.2, -0.15) is 5.10 Å². The summed E-state index contributed by atoms with van der Waals surface area (Å²) in [6.07, 6.45) is 1.42. The van der Waals surface area contributed by atoms with E-state index in [1.165, 1.54) is 6.21 Å². The minimum Gasteiger partial charge on any atom is -0.422 e. The minimum absolute atomic E-state index is 0.330. The van der Waals surface area contributed by atoms with Crippen molar-refractivity contribution in [3.05, 3.63) is 98.4 Å². The van der Waals surface area contributed by atoms with Gasteiger partial charge in [0, 0.05) is 14.5 Å². The molecule has 0 radical (unpaired) electrons. The molecule has 140 valence electrons. The maximum absolute atomic E-state index is 12.3. The summed E-state index contributed by atoms with van der Waals surface area (Å²) < 4.78 is 6.93. The molecule has 0 heterocycles. The average Bonchev–Trinajstić information content (AvgIpc) is 2.70. The van der Waals surface area contributed by atoms with Crippen molar-refractivity contribution in [3.8, 4) is 5.75 Å². The molecule has 3 aromatic rings. The zero-order valence-electron chi connectivity index (χ0n) is 14.4. The van der Waals surface area contributed by atoms with Crippen LogP contribution >= 0.6 is 31.9 Å². The minimum atomic E-state index is -0.477. The molecule has 0 bridgehead atoms. The number of halogens is 2. The highest BCUT2D eigenvalue weighted by molar-refractivity contribution is 9.10. The number of carbonyl (C=O) groups excluding carboxylic acids is 2. The van der Waals surface area contributed by atoms with Crippen LogP contribution in [0.3, 0.4) is 0 Å². The number of benzene rings is 3. The summed E-state index contributed by atoms with van der Waals surface area (Å²) in [7, 11) is 0. The van der Waals surface area contributed by atoms with Gasteiger partial charge in [0.05, 0.1) is 17.3 Å². The van der Waals surface area contributed by atoms with Crippen molar-refractivity contribution in [1.29, 1.82) is 0 Å². The smallest absolute Gasteiger partial charge is 0.343 e. The molecule has 0 aliphatic heterocycles. The lowest BCUT2D eigenvalue weighted by Crippen LogP contribution is -2.18. The summed E-state index contributed by atoms with van der Waals surface area (Å²) in [6, 6.07) is 20.9. The molecule has 1 N–H and O–H groups in total. The molecule has 3 aromatic carbocycles. The van der Waals surface area contributed by atoms with Crippen LogP contribution in [0.4, 0.5) is 0 Å². The van der Waals surface area contributed by atoms with E-state index in [9.17, 15) is 9.59 Å². The number of esters is 1. The lowest BCUT2D eigenvalue weighted by atomic mass is 10.2. The third-order valence-corrected chi connectivity index (χ3v) is 4.86. The Balaban J connectivity index is 1.75. The van der Waals surface area contributed by atoms with Gasteiger partial charge in [0.2, 0.25) is 0 Å². The van der Waals surface area contributed by atoms with E-state index in [0.717, 1.165) is 4.47 Å². The van der Waals surface area contributed by atoms with E-state index in [4.69, 9.17) is 4.74 Å². The molecule has 0 aliphatic rings. The third kappa shape index (κ3) is 5.15. The predicted molar refractivity (Wildman–Crippen MR) is 115 cm³/mol. The second-order valence-corrected chi connectivity index (χ2v) is 7.39. The van der Waals surface area contributed by atoms with Crippen molar-refractivity contribution in [2.75, 3.05) is 0 Å². The fraction of sp³-hybridized carbons (Fsp3) is 0. The normalized spacial score (nSPS) is 10.6. The monoisotopic (exact) mass is 500 g/mol. The van der Waals surface area contributed by atoms with Crippen LogP contribution in [0.1, 0.15) is 26.3 Å². The first-order chi connectivity index (χ1) is 13.5. The molecule has 3 rings (SSSR count). The van der Waals surface area contributed by atoms with E-state index in [1.807, 2.05) is 12.1 Å². The van der Waals surface area contributed by atoms with Crippen LogP contribution in [-0.4, -0.2) is 18.1 Å². The summed E-state index contributed by atoms with van der Waals surface area (Å²) in [5.74, 6) is -0.507. The van der Waals surface area contributed by atoms with E-state index >= 15 is 0 Å². The SMILES string of the molecule is O=C(Oc1ccc(Br)cc1C=NNC(=O)c1ccccc1Br)c1ccccc1. The Morgan fingerprint density at radius 3 is 2.39 bits per heavy atom. The number of hydrazone groups is 1. The summed E-state index contributed by atoms with van der Waals surface area (Å²) in [6.45, 7) is 0. The topological polar surface area (TPSA) is 67.8 Å². The third-order valence-electron chi connectivity index (χ3n) is 3.67. The molecule has 0 unspecified atom stereocenters. The summed E-state index contributed by atoms with van der Waals surface area (Å²) in [5.41, 5.74) is 3.90. The fourth-order valence-corrected chi connectivity index (χ4v) is 3.16. The molecule has 7 heteroatoms. The zero-order chi connectivity index (χ0) is 19.9. The number of carbonyl (C=O) groups is 2. The molecular formula is C21H14Br2N2O3. The quantitative estimate of drug-likeness (QED) is 0.226. The van der Waals surface area contributed by atoms with Gasteiger partial charge < -0.3 is 4.74 Å². The number of amides is 1. The van der Waals surface area contributed by atoms with Gasteiger partial charge in [-0.25, -0.2) is 10.2 Å². The first-order valence-electron chi connectivity index (χ1n) is 8.19. The first-order valence-corrected chi connectivity index (χ1v) is 9.78. The maximum Gasteiger partial charge on any atom is 0.343 e. The first kappa shape index (κ1) is 20.0. The highest BCUT2D eigenvalue weighted by Crippen LogP contribution is 2.23. The van der Waals surface area contributed by atoms with Crippen molar-refractivity contribution < 1.29 is 14.3 Å². The Morgan fingerprint density at radius 1 is 0.929 bits per heavy atom. The number of nitrogens with one attached hydrogen (secondary N) is 1. The van der Waals surface area contributed by atoms with Gasteiger partial charge in [0.1, 0.15) is 5.75 Å². The van der Waals surface area contributed by atoms with Crippen molar-refractivity contribution in [3.63, 3.8) is 0 Å². The van der Waals surface area contributed by atoms with Gasteiger partial charge >= 0.3 is 5.97 Å². The van der Waals surface area contributed by atoms with Gasteiger partial charge in [0.25, 0.3) is 5.91 Å². The molecule has 0 atom stereocenters. The Bertz CT molecular complexity index is 1040. The lowest BCUT2D eigenvalue weighted by molar-refractivity contribution is 0.0734. The summed E-state index contributed by atoms with van der Waals surface area (Å²) in [4.78, 5) is 24.5. The average molecular weight is 502 g/mol. The van der Waals surface area contributed by atoms with Gasteiger partial charge in [-0.1, -0.05) is 46.3 Å². The van der Waals surface area contributed by atoms with E-state index in [-0.39, 0.29) is 5.91 Å². The fourth-order valence-electron chi connectivity index (χ4n) is 2.31. The predicted octanol–water partition coefficient (Wildman–Crippen LogP) is 5.19. The van der Waals surface area contributed by atoms with Crippen molar-refractivity contribution >= 4 is 50.0 Å². The van der Waals surface area contributed by atoms with Crippen LogP contribution < -0.4 is 10.2 Å². The van der Waals surface area contributed by atoms with Crippen LogP contribution in [0.25, 0.3) is 0 Å². The Labute approximate surface area is 178 Å². The number of nitrogens with zero attached hydrogens (tertiary/aromatic N) is 1. The van der Waals surface area contributed by atoms with Crippen LogP contribution in [-0.2, 0) is 0 Å². The molecule has 0 fully saturated rings. The van der Waals surface area contributed by atoms with Crippen LogP contribution in [0.2, 0.25) is 0 Å². The Hall–Kier alpha value is -2.77. The van der Waals surface area contributed by atoms with Crippen molar-refractivity contribution in [2.45, 2.75) is 0 Å². The number of hydrogen-bond acceptors (Lipinski definition) is 4. The molecule has 28 heavy (non-hydrogen) atoms. The maximum atomic E-state index is 12.3. The van der Waals surface area contributed by atoms with Crippen LogP contribution in [0.15, 0.2) is 86.8 Å². The lowest BCUT2D eigenvalue weighted by Gasteiger charge is -2.08. The standard InChI is InChI=1S/C21H14Br2N2O3/c22-16-10-11-19(28-21(27)14-6-2-1-3-7-14)15(12-16)13-24-25-20(26)17-8-4-5-9-18(17)23/h1-13H,(H,25,26). The van der Waals surface area contributed by atoms with Gasteiger partial charge in [-0.15, -0.1) is 0 Å². The van der Waals surface area contributed by atoms with E-state index < -0.39 is 5.97 Å². The second kappa shape index (κ2) is 9.43. The second-order valence-electron chi connectivity index (χ2n) is 5.62. The molecule has 0 saturated heterocycles. The van der Waals surface area contributed by atoms with Gasteiger partial charge in [-0.05, 0) is 58.4 Å². The van der Waals surface area contributed by atoms with Gasteiger partial charge in [0.15, 0.2) is 0 Å². The van der Waals surface area contributed by atoms with E-state index in [1.54, 1.807) is 60.7 Å². The molecule has 0 aliphatic carbocycles. The summed E-state index contributed by atoms with van der Waals surface area (Å²) in [5, 5.41) is 3.98. The van der Waals surface area contributed by atoms with Crippen molar-refractivity contribution in [2.24, 2.45) is 5.10 Å². The largest absolute Gasteiger partial charge is 0.422 e. The van der Waals surface area contributed by atoms with Crippen LogP contribution in [0.5, 0.6) is 5.75 Å². The molecule has 0 spiro atoms. The van der Waals surface area contributed by atoms with Crippen LogP contribution in [0, 0.1) is 0 Å². The van der Waals surface area contributed by atoms with E-state index in [2.05, 4.69) is 42.4 Å². The molecule has 5 nitrogen and oxygen atoms in total. The number of ether oxygens (including phenoxy) is 1. The summed E-state index contributed by atoms with van der Waals surface area (Å²) >= 11 is 6.71. The highest BCUT2D eigenvalue weighted by atomic mass is 79.9. The highest BCUT2D eigenvalue weighted by Gasteiger charge is 2.12. The molecular weight excluding hydrogens is 488 g/mol. The Morgan fingerprint density at radius 2 is 1.64 bits per heavy atom. The molecule has 1 amide bonds. The van der Waals surface area contributed by atoms with Crippen molar-refractivity contribution in [1.82, 2.24) is 5.43 Å². The molecule has 0 saturated carbocycles. The zero-order valence-corrected chi connectivity index (χ0v) is 17.6. The van der Waals surface area contributed by atoms with E-state index in [0.29, 0.717) is 26.9 Å². The number of rotatable bonds is 5.